The van der Waals surface area contributed by atoms with Crippen LogP contribution in [-0.4, -0.2) is 42.9 Å². The highest BCUT2D eigenvalue weighted by Crippen LogP contribution is 2.22. The number of hydrogen-bond acceptors (Lipinski definition) is 4. The van der Waals surface area contributed by atoms with Crippen LogP contribution >= 0.6 is 11.6 Å². The zero-order chi connectivity index (χ0) is 16.3. The quantitative estimate of drug-likeness (QED) is 0.758. The number of halogens is 1. The number of pyridine rings is 1. The summed E-state index contributed by atoms with van der Waals surface area (Å²) in [5.41, 5.74) is 1.78. The van der Waals surface area contributed by atoms with Crippen molar-refractivity contribution in [2.45, 2.75) is 26.4 Å². The molecular weight excluding hydrogens is 320 g/mol. The fourth-order valence-electron chi connectivity index (χ4n) is 2.59. The van der Waals surface area contributed by atoms with E-state index in [9.17, 15) is 8.42 Å². The molecule has 6 heteroatoms. The minimum atomic E-state index is -3.01. The normalized spacial score (nSPS) is 13.7. The van der Waals surface area contributed by atoms with E-state index in [0.29, 0.717) is 11.7 Å². The fourth-order valence-corrected chi connectivity index (χ4v) is 3.88. The van der Waals surface area contributed by atoms with E-state index in [-0.39, 0.29) is 11.8 Å². The smallest absolute Gasteiger partial charge is 0.148 e. The molecule has 0 spiro atoms. The minimum absolute atomic E-state index is 0.0671. The molecule has 0 aliphatic carbocycles. The summed E-state index contributed by atoms with van der Waals surface area (Å²) in [5, 5.41) is 1.51. The maximum Gasteiger partial charge on any atom is 0.148 e. The largest absolute Gasteiger partial charge is 0.296 e. The van der Waals surface area contributed by atoms with Gasteiger partial charge in [0.1, 0.15) is 15.0 Å². The van der Waals surface area contributed by atoms with Crippen LogP contribution in [0.3, 0.4) is 0 Å². The van der Waals surface area contributed by atoms with E-state index in [1.807, 2.05) is 44.2 Å². The number of benzene rings is 1. The molecular formula is C16H21ClN2O2S. The minimum Gasteiger partial charge on any atom is -0.296 e. The van der Waals surface area contributed by atoms with Crippen molar-refractivity contribution in [3.05, 3.63) is 41.0 Å². The average Bonchev–Trinajstić information content (AvgIpc) is 2.43. The van der Waals surface area contributed by atoms with Crippen LogP contribution in [0.1, 0.15) is 19.4 Å². The van der Waals surface area contributed by atoms with Gasteiger partial charge in [-0.15, -0.1) is 0 Å². The SMILES string of the molecule is CCN(Cc1cc2ccccc2nc1Cl)C(C)CS(C)(=O)=O. The zero-order valence-electron chi connectivity index (χ0n) is 13.1. The van der Waals surface area contributed by atoms with Crippen LogP contribution in [0.4, 0.5) is 0 Å². The van der Waals surface area contributed by atoms with Gasteiger partial charge in [0.25, 0.3) is 0 Å². The number of sulfone groups is 1. The Labute approximate surface area is 137 Å². The lowest BCUT2D eigenvalue weighted by atomic mass is 10.1. The summed E-state index contributed by atoms with van der Waals surface area (Å²) in [6, 6.07) is 9.78. The van der Waals surface area contributed by atoms with Gasteiger partial charge in [0, 0.05) is 29.8 Å². The van der Waals surface area contributed by atoms with Gasteiger partial charge in [0.15, 0.2) is 0 Å². The molecule has 0 bridgehead atoms. The van der Waals surface area contributed by atoms with Crippen molar-refractivity contribution >= 4 is 32.3 Å². The van der Waals surface area contributed by atoms with Gasteiger partial charge in [0.05, 0.1) is 11.3 Å². The first-order chi connectivity index (χ1) is 10.3. The van der Waals surface area contributed by atoms with Gasteiger partial charge in [-0.05, 0) is 25.6 Å². The third-order valence-corrected chi connectivity index (χ3v) is 5.11. The Hall–Kier alpha value is -1.17. The highest BCUT2D eigenvalue weighted by molar-refractivity contribution is 7.90. The van der Waals surface area contributed by atoms with E-state index in [2.05, 4.69) is 9.88 Å². The highest BCUT2D eigenvalue weighted by Gasteiger charge is 2.19. The number of rotatable bonds is 6. The van der Waals surface area contributed by atoms with Crippen LogP contribution in [0.15, 0.2) is 30.3 Å². The lowest BCUT2D eigenvalue weighted by Crippen LogP contribution is -2.37. The van der Waals surface area contributed by atoms with E-state index in [1.165, 1.54) is 6.26 Å². The first-order valence-corrected chi connectivity index (χ1v) is 9.70. The van der Waals surface area contributed by atoms with Gasteiger partial charge >= 0.3 is 0 Å². The summed E-state index contributed by atoms with van der Waals surface area (Å²) < 4.78 is 23.0. The molecule has 0 aliphatic rings. The molecule has 0 aliphatic heterocycles. The third kappa shape index (κ3) is 4.41. The molecule has 0 saturated carbocycles. The molecule has 1 aromatic heterocycles. The Balaban J connectivity index is 2.25. The molecule has 2 aromatic rings. The highest BCUT2D eigenvalue weighted by atomic mass is 35.5. The predicted molar refractivity (Wildman–Crippen MR) is 92.0 cm³/mol. The van der Waals surface area contributed by atoms with E-state index in [1.54, 1.807) is 0 Å². The second-order valence-corrected chi connectivity index (χ2v) is 8.18. The Morgan fingerprint density at radius 1 is 1.32 bits per heavy atom. The van der Waals surface area contributed by atoms with E-state index < -0.39 is 9.84 Å². The Kier molecular flexibility index (Phi) is 5.42. The number of nitrogens with zero attached hydrogens (tertiary/aromatic N) is 2. The van der Waals surface area contributed by atoms with Crippen LogP contribution in [-0.2, 0) is 16.4 Å². The Morgan fingerprint density at radius 2 is 2.00 bits per heavy atom. The summed E-state index contributed by atoms with van der Waals surface area (Å²) in [6.45, 7) is 5.28. The molecule has 0 fully saturated rings. The zero-order valence-corrected chi connectivity index (χ0v) is 14.7. The first kappa shape index (κ1) is 17.2. The van der Waals surface area contributed by atoms with Crippen molar-refractivity contribution in [1.29, 1.82) is 0 Å². The first-order valence-electron chi connectivity index (χ1n) is 7.26. The molecule has 0 radical (unpaired) electrons. The van der Waals surface area contributed by atoms with Crippen LogP contribution in [0, 0.1) is 0 Å². The molecule has 22 heavy (non-hydrogen) atoms. The maximum atomic E-state index is 11.5. The second-order valence-electron chi connectivity index (χ2n) is 5.64. The molecule has 0 amide bonds. The number of para-hydroxylation sites is 1. The van der Waals surface area contributed by atoms with Gasteiger partial charge in [0.2, 0.25) is 0 Å². The summed E-state index contributed by atoms with van der Waals surface area (Å²) in [4.78, 5) is 6.51. The summed E-state index contributed by atoms with van der Waals surface area (Å²) in [5.74, 6) is 0.138. The summed E-state index contributed by atoms with van der Waals surface area (Å²) in [6.07, 6.45) is 1.27. The number of fused-ring (bicyclic) bond motifs is 1. The lowest BCUT2D eigenvalue weighted by molar-refractivity contribution is 0.226. The Morgan fingerprint density at radius 3 is 2.64 bits per heavy atom. The molecule has 0 N–H and O–H groups in total. The van der Waals surface area contributed by atoms with Gasteiger partial charge < -0.3 is 0 Å². The average molecular weight is 341 g/mol. The summed E-state index contributed by atoms with van der Waals surface area (Å²) in [7, 11) is -3.01. The van der Waals surface area contributed by atoms with Crippen LogP contribution in [0.5, 0.6) is 0 Å². The van der Waals surface area contributed by atoms with E-state index >= 15 is 0 Å². The molecule has 4 nitrogen and oxygen atoms in total. The van der Waals surface area contributed by atoms with Crippen molar-refractivity contribution < 1.29 is 8.42 Å². The van der Waals surface area contributed by atoms with Crippen LogP contribution in [0.2, 0.25) is 5.15 Å². The second kappa shape index (κ2) is 6.94. The Bertz CT molecular complexity index is 762. The van der Waals surface area contributed by atoms with Gasteiger partial charge in [-0.1, -0.05) is 36.7 Å². The van der Waals surface area contributed by atoms with E-state index in [4.69, 9.17) is 11.6 Å². The molecule has 0 saturated heterocycles. The van der Waals surface area contributed by atoms with Crippen molar-refractivity contribution in [2.24, 2.45) is 0 Å². The standard InChI is InChI=1S/C16H21ClN2O2S/c1-4-19(12(2)11-22(3,20)21)10-14-9-13-7-5-6-8-15(13)18-16(14)17/h5-9,12H,4,10-11H2,1-3H3. The molecule has 1 unspecified atom stereocenters. The topological polar surface area (TPSA) is 50.3 Å². The van der Waals surface area contributed by atoms with E-state index in [0.717, 1.165) is 23.0 Å². The third-order valence-electron chi connectivity index (χ3n) is 3.70. The fraction of sp³-hybridized carbons (Fsp3) is 0.438. The van der Waals surface area contributed by atoms with Gasteiger partial charge in [-0.2, -0.15) is 0 Å². The van der Waals surface area contributed by atoms with Gasteiger partial charge in [-0.3, -0.25) is 4.90 Å². The predicted octanol–water partition coefficient (Wildman–Crippen LogP) is 3.14. The molecule has 1 atom stereocenters. The molecule has 1 aromatic carbocycles. The summed E-state index contributed by atoms with van der Waals surface area (Å²) >= 11 is 6.29. The van der Waals surface area contributed by atoms with Crippen LogP contribution in [0.25, 0.3) is 10.9 Å². The van der Waals surface area contributed by atoms with Crippen molar-refractivity contribution in [3.8, 4) is 0 Å². The number of hydrogen-bond donors (Lipinski definition) is 0. The monoisotopic (exact) mass is 340 g/mol. The molecule has 2 rings (SSSR count). The van der Waals surface area contributed by atoms with Gasteiger partial charge in [-0.25, -0.2) is 13.4 Å². The van der Waals surface area contributed by atoms with Crippen molar-refractivity contribution in [2.75, 3.05) is 18.6 Å². The van der Waals surface area contributed by atoms with Crippen molar-refractivity contribution in [1.82, 2.24) is 9.88 Å². The molecule has 120 valence electrons. The van der Waals surface area contributed by atoms with Crippen molar-refractivity contribution in [3.63, 3.8) is 0 Å². The maximum absolute atomic E-state index is 11.5. The lowest BCUT2D eigenvalue weighted by Gasteiger charge is -2.27. The van der Waals surface area contributed by atoms with Crippen LogP contribution < -0.4 is 0 Å². The number of aromatic nitrogens is 1. The molecule has 1 heterocycles.